The Labute approximate surface area is 237 Å². The molecule has 1 aromatic heterocycles. The molecular formula is C32H41N3O5. The zero-order valence-electron chi connectivity index (χ0n) is 23.9. The highest BCUT2D eigenvalue weighted by Gasteiger charge is 2.27. The molecule has 0 amide bonds. The Kier molecular flexibility index (Phi) is 9.63. The van der Waals surface area contributed by atoms with Crippen molar-refractivity contribution in [1.29, 1.82) is 0 Å². The number of aromatic nitrogens is 1. The Bertz CT molecular complexity index is 1200. The van der Waals surface area contributed by atoms with Crippen LogP contribution in [0.4, 0.5) is 11.5 Å². The van der Waals surface area contributed by atoms with Crippen LogP contribution in [-0.2, 0) is 22.5 Å². The number of benzene rings is 2. The highest BCUT2D eigenvalue weighted by Crippen LogP contribution is 2.33. The summed E-state index contributed by atoms with van der Waals surface area (Å²) in [5.74, 6) is 3.33. The van der Waals surface area contributed by atoms with Crippen molar-refractivity contribution in [2.75, 3.05) is 63.5 Å². The molecule has 3 aromatic rings. The molecule has 2 aromatic carbocycles. The molecule has 2 fully saturated rings. The molecule has 8 heteroatoms. The van der Waals surface area contributed by atoms with Crippen LogP contribution in [0.3, 0.4) is 0 Å². The molecule has 0 bridgehead atoms. The van der Waals surface area contributed by atoms with E-state index in [1.807, 2.05) is 31.2 Å². The lowest BCUT2D eigenvalue weighted by Crippen LogP contribution is -2.37. The molecule has 5 rings (SSSR count). The predicted octanol–water partition coefficient (Wildman–Crippen LogP) is 5.13. The third-order valence-corrected chi connectivity index (χ3v) is 7.50. The Morgan fingerprint density at radius 3 is 2.38 bits per heavy atom. The fourth-order valence-electron chi connectivity index (χ4n) is 5.41. The number of anilines is 2. The van der Waals surface area contributed by atoms with E-state index in [-0.39, 0.29) is 6.10 Å². The first kappa shape index (κ1) is 28.1. The molecule has 214 valence electrons. The fraction of sp³-hybridized carbons (Fsp3) is 0.469. The summed E-state index contributed by atoms with van der Waals surface area (Å²) in [7, 11) is 3.37. The van der Waals surface area contributed by atoms with Crippen LogP contribution in [0.25, 0.3) is 0 Å². The van der Waals surface area contributed by atoms with Crippen molar-refractivity contribution >= 4 is 11.5 Å². The second kappa shape index (κ2) is 13.7. The maximum absolute atomic E-state index is 6.25. The zero-order chi connectivity index (χ0) is 27.7. The van der Waals surface area contributed by atoms with Crippen molar-refractivity contribution < 1.29 is 23.7 Å². The molecule has 3 heterocycles. The summed E-state index contributed by atoms with van der Waals surface area (Å²) in [4.78, 5) is 9.82. The summed E-state index contributed by atoms with van der Waals surface area (Å²) in [5, 5.41) is 0. The summed E-state index contributed by atoms with van der Waals surface area (Å²) < 4.78 is 28.3. The number of hydrogen-bond donors (Lipinski definition) is 0. The van der Waals surface area contributed by atoms with Gasteiger partial charge in [0.25, 0.3) is 0 Å². The third-order valence-electron chi connectivity index (χ3n) is 7.50. The normalized spacial score (nSPS) is 18.0. The largest absolute Gasteiger partial charge is 0.497 e. The van der Waals surface area contributed by atoms with E-state index in [9.17, 15) is 0 Å². The lowest BCUT2D eigenvalue weighted by atomic mass is 10.0. The standard InChI is InChI=1S/C32H41N3O5/c1-24(22-36-2)40-30-12-6-25(7-13-30)19-27-5-4-14-35(27)31-20-28(34-15-17-38-18-16-34)21-32(33-31)39-23-26-8-10-29(37-3)11-9-26/h6-13,20-21,24,27H,4-5,14-19,22-23H2,1-3H3/t24-,27?/m1/s1. The van der Waals surface area contributed by atoms with Gasteiger partial charge in [0.15, 0.2) is 0 Å². The van der Waals surface area contributed by atoms with Crippen molar-refractivity contribution in [2.24, 2.45) is 0 Å². The first-order chi connectivity index (χ1) is 19.6. The van der Waals surface area contributed by atoms with Gasteiger partial charge in [0, 0.05) is 50.6 Å². The molecular weight excluding hydrogens is 506 g/mol. The number of ether oxygens (including phenoxy) is 5. The molecule has 0 aliphatic carbocycles. The van der Waals surface area contributed by atoms with Gasteiger partial charge in [-0.05, 0) is 61.6 Å². The quantitative estimate of drug-likeness (QED) is 0.309. The van der Waals surface area contributed by atoms with Gasteiger partial charge in [0.05, 0.1) is 26.9 Å². The van der Waals surface area contributed by atoms with Crippen molar-refractivity contribution in [3.63, 3.8) is 0 Å². The summed E-state index contributed by atoms with van der Waals surface area (Å²) in [6.07, 6.45) is 3.26. The van der Waals surface area contributed by atoms with Crippen LogP contribution in [0.2, 0.25) is 0 Å². The predicted molar refractivity (Wildman–Crippen MR) is 157 cm³/mol. The second-order valence-electron chi connectivity index (χ2n) is 10.5. The van der Waals surface area contributed by atoms with E-state index in [4.69, 9.17) is 28.7 Å². The van der Waals surface area contributed by atoms with E-state index in [2.05, 4.69) is 46.2 Å². The molecule has 1 unspecified atom stereocenters. The van der Waals surface area contributed by atoms with Crippen LogP contribution < -0.4 is 24.0 Å². The first-order valence-corrected chi connectivity index (χ1v) is 14.2. The number of methoxy groups -OCH3 is 2. The van der Waals surface area contributed by atoms with Gasteiger partial charge < -0.3 is 33.5 Å². The SMILES string of the molecule is COC[C@@H](C)Oc1ccc(CC2CCCN2c2cc(N3CCOCC3)cc(OCc3ccc(OC)cc3)n2)cc1. The van der Waals surface area contributed by atoms with Crippen molar-refractivity contribution in [3.05, 3.63) is 71.8 Å². The van der Waals surface area contributed by atoms with Crippen LogP contribution in [-0.4, -0.2) is 70.8 Å². The number of nitrogens with zero attached hydrogens (tertiary/aromatic N) is 3. The van der Waals surface area contributed by atoms with E-state index in [0.29, 0.717) is 25.1 Å². The average molecular weight is 548 g/mol. The van der Waals surface area contributed by atoms with Gasteiger partial charge in [-0.2, -0.15) is 4.98 Å². The van der Waals surface area contributed by atoms with Gasteiger partial charge in [-0.3, -0.25) is 0 Å². The maximum atomic E-state index is 6.25. The molecule has 8 nitrogen and oxygen atoms in total. The Morgan fingerprint density at radius 1 is 0.925 bits per heavy atom. The molecule has 0 N–H and O–H groups in total. The van der Waals surface area contributed by atoms with E-state index in [1.54, 1.807) is 14.2 Å². The van der Waals surface area contributed by atoms with Crippen LogP contribution in [0.15, 0.2) is 60.7 Å². The van der Waals surface area contributed by atoms with Gasteiger partial charge in [0.2, 0.25) is 5.88 Å². The Hall–Kier alpha value is -3.49. The van der Waals surface area contributed by atoms with Crippen molar-refractivity contribution in [3.8, 4) is 17.4 Å². The summed E-state index contributed by atoms with van der Waals surface area (Å²) in [6, 6.07) is 21.1. The van der Waals surface area contributed by atoms with Gasteiger partial charge >= 0.3 is 0 Å². The lowest BCUT2D eigenvalue weighted by molar-refractivity contribution is 0.0921. The van der Waals surface area contributed by atoms with E-state index in [1.165, 1.54) is 5.56 Å². The monoisotopic (exact) mass is 547 g/mol. The third kappa shape index (κ3) is 7.37. The minimum atomic E-state index is 0.0205. The smallest absolute Gasteiger partial charge is 0.217 e. The van der Waals surface area contributed by atoms with Crippen LogP contribution >= 0.6 is 0 Å². The Balaban J connectivity index is 1.31. The molecule has 2 atom stereocenters. The number of rotatable bonds is 12. The van der Waals surface area contributed by atoms with Gasteiger partial charge in [0.1, 0.15) is 30.0 Å². The first-order valence-electron chi connectivity index (χ1n) is 14.2. The highest BCUT2D eigenvalue weighted by molar-refractivity contribution is 5.59. The van der Waals surface area contributed by atoms with Gasteiger partial charge in [-0.15, -0.1) is 0 Å². The van der Waals surface area contributed by atoms with Gasteiger partial charge in [-0.25, -0.2) is 0 Å². The average Bonchev–Trinajstić information content (AvgIpc) is 3.46. The van der Waals surface area contributed by atoms with Gasteiger partial charge in [-0.1, -0.05) is 24.3 Å². The molecule has 2 saturated heterocycles. The molecule has 0 radical (unpaired) electrons. The highest BCUT2D eigenvalue weighted by atomic mass is 16.5. The summed E-state index contributed by atoms with van der Waals surface area (Å²) in [6.45, 7) is 7.21. The van der Waals surface area contributed by atoms with E-state index in [0.717, 1.165) is 80.7 Å². The maximum Gasteiger partial charge on any atom is 0.217 e. The second-order valence-corrected chi connectivity index (χ2v) is 10.5. The minimum Gasteiger partial charge on any atom is -0.497 e. The number of pyridine rings is 1. The Morgan fingerprint density at radius 2 is 1.65 bits per heavy atom. The lowest BCUT2D eigenvalue weighted by Gasteiger charge is -2.31. The molecule has 40 heavy (non-hydrogen) atoms. The number of morpholine rings is 1. The fourth-order valence-corrected chi connectivity index (χ4v) is 5.41. The van der Waals surface area contributed by atoms with Crippen LogP contribution in [0.1, 0.15) is 30.9 Å². The number of hydrogen-bond acceptors (Lipinski definition) is 8. The van der Waals surface area contributed by atoms with Crippen LogP contribution in [0.5, 0.6) is 17.4 Å². The topological polar surface area (TPSA) is 65.5 Å². The van der Waals surface area contributed by atoms with E-state index >= 15 is 0 Å². The summed E-state index contributed by atoms with van der Waals surface area (Å²) in [5.41, 5.74) is 3.50. The molecule has 0 saturated carbocycles. The molecule has 2 aliphatic heterocycles. The van der Waals surface area contributed by atoms with Crippen LogP contribution in [0, 0.1) is 0 Å². The summed E-state index contributed by atoms with van der Waals surface area (Å²) >= 11 is 0. The molecule has 0 spiro atoms. The van der Waals surface area contributed by atoms with E-state index < -0.39 is 0 Å². The zero-order valence-corrected chi connectivity index (χ0v) is 23.9. The molecule has 2 aliphatic rings. The van der Waals surface area contributed by atoms with Crippen molar-refractivity contribution in [2.45, 2.75) is 44.9 Å². The minimum absolute atomic E-state index is 0.0205. The van der Waals surface area contributed by atoms with Crippen molar-refractivity contribution in [1.82, 2.24) is 4.98 Å².